The molecule has 0 saturated carbocycles. The molecule has 2 N–H and O–H groups in total. The fourth-order valence-corrected chi connectivity index (χ4v) is 3.06. The minimum absolute atomic E-state index is 0.121. The first-order valence-electron chi connectivity index (χ1n) is 7.80. The number of fused-ring (bicyclic) bond motifs is 1. The normalized spacial score (nSPS) is 14.8. The molecule has 0 fully saturated rings. The van der Waals surface area contributed by atoms with Crippen molar-refractivity contribution in [1.82, 2.24) is 4.98 Å². The molecule has 1 aliphatic heterocycles. The molecule has 0 bridgehead atoms. The summed E-state index contributed by atoms with van der Waals surface area (Å²) in [6.45, 7) is 6.60. The third-order valence-corrected chi connectivity index (χ3v) is 4.52. The van der Waals surface area contributed by atoms with Gasteiger partial charge in [0.25, 0.3) is 5.91 Å². The average Bonchev–Trinajstić information content (AvgIpc) is 3.09. The lowest BCUT2D eigenvalue weighted by Crippen LogP contribution is -2.16. The first-order chi connectivity index (χ1) is 11.4. The highest BCUT2D eigenvalue weighted by Crippen LogP contribution is 2.36. The van der Waals surface area contributed by atoms with Gasteiger partial charge in [-0.15, -0.1) is 5.54 Å². The summed E-state index contributed by atoms with van der Waals surface area (Å²) in [6.07, 6.45) is 3.61. The summed E-state index contributed by atoms with van der Waals surface area (Å²) in [5.41, 5.74) is 7.29. The number of carbonyl (C=O) groups is 1. The molecule has 2 heterocycles. The Morgan fingerprint density at radius 2 is 2.00 bits per heavy atom. The highest BCUT2D eigenvalue weighted by atomic mass is 28.3. The number of aromatic nitrogens is 1. The second kappa shape index (κ2) is 6.06. The second-order valence-corrected chi connectivity index (χ2v) is 11.4. The van der Waals surface area contributed by atoms with Crippen LogP contribution in [0.5, 0.6) is 5.75 Å². The van der Waals surface area contributed by atoms with E-state index in [0.717, 1.165) is 22.5 Å². The van der Waals surface area contributed by atoms with Gasteiger partial charge in [0.1, 0.15) is 13.8 Å². The summed E-state index contributed by atoms with van der Waals surface area (Å²) in [5.74, 6) is 3.86. The van der Waals surface area contributed by atoms with E-state index in [4.69, 9.17) is 4.74 Å². The van der Waals surface area contributed by atoms with Gasteiger partial charge in [0.2, 0.25) is 0 Å². The molecule has 4 nitrogen and oxygen atoms in total. The van der Waals surface area contributed by atoms with Crippen molar-refractivity contribution in [1.29, 1.82) is 0 Å². The number of aromatic amines is 1. The van der Waals surface area contributed by atoms with Crippen molar-refractivity contribution in [3.8, 4) is 17.2 Å². The maximum atomic E-state index is 12.4. The van der Waals surface area contributed by atoms with E-state index in [9.17, 15) is 4.79 Å². The number of rotatable bonds is 2. The third-order valence-electron chi connectivity index (χ3n) is 3.65. The third kappa shape index (κ3) is 3.14. The Kier molecular flexibility index (Phi) is 4.08. The molecule has 122 valence electrons. The molecule has 5 heteroatoms. The summed E-state index contributed by atoms with van der Waals surface area (Å²) in [5, 5.41) is 2.92. The standard InChI is InChI=1S/C19H20N2O2Si/c1-23-17-8-10-20-16(17)12-14-18-13(9-11-24(2,3)4)6-5-7-15(18)21-19(14)22/h5-8,10,12,20H,1-4H3,(H,21,22)/b14-12-. The van der Waals surface area contributed by atoms with Crippen molar-refractivity contribution in [2.75, 3.05) is 12.4 Å². The van der Waals surface area contributed by atoms with Crippen LogP contribution in [0.4, 0.5) is 5.69 Å². The first-order valence-corrected chi connectivity index (χ1v) is 11.3. The number of hydrogen-bond acceptors (Lipinski definition) is 2. The molecule has 3 rings (SSSR count). The highest BCUT2D eigenvalue weighted by Gasteiger charge is 2.27. The van der Waals surface area contributed by atoms with Crippen LogP contribution in [0.3, 0.4) is 0 Å². The van der Waals surface area contributed by atoms with E-state index in [1.54, 1.807) is 13.3 Å². The van der Waals surface area contributed by atoms with Crippen LogP contribution in [0.15, 0.2) is 30.5 Å². The van der Waals surface area contributed by atoms with Crippen LogP contribution in [0, 0.1) is 11.5 Å². The molecule has 0 unspecified atom stereocenters. The summed E-state index contributed by atoms with van der Waals surface area (Å²) in [6, 6.07) is 7.62. The number of anilines is 1. The molecule has 0 radical (unpaired) electrons. The van der Waals surface area contributed by atoms with Gasteiger partial charge < -0.3 is 15.0 Å². The van der Waals surface area contributed by atoms with Crippen LogP contribution < -0.4 is 10.1 Å². The summed E-state index contributed by atoms with van der Waals surface area (Å²) < 4.78 is 5.31. The monoisotopic (exact) mass is 336 g/mol. The maximum absolute atomic E-state index is 12.4. The second-order valence-electron chi connectivity index (χ2n) is 6.70. The van der Waals surface area contributed by atoms with Crippen LogP contribution in [-0.2, 0) is 4.79 Å². The van der Waals surface area contributed by atoms with Gasteiger partial charge in [-0.2, -0.15) is 0 Å². The van der Waals surface area contributed by atoms with E-state index in [1.807, 2.05) is 30.3 Å². The predicted molar refractivity (Wildman–Crippen MR) is 101 cm³/mol. The van der Waals surface area contributed by atoms with E-state index in [2.05, 4.69) is 41.4 Å². The molecule has 24 heavy (non-hydrogen) atoms. The molecular formula is C19H20N2O2Si. The molecule has 1 aliphatic rings. The van der Waals surface area contributed by atoms with Crippen LogP contribution in [0.2, 0.25) is 19.6 Å². The number of carbonyl (C=O) groups excluding carboxylic acids is 1. The number of hydrogen-bond donors (Lipinski definition) is 2. The average molecular weight is 336 g/mol. The van der Waals surface area contributed by atoms with Crippen molar-refractivity contribution in [3.05, 3.63) is 47.3 Å². The van der Waals surface area contributed by atoms with E-state index in [0.29, 0.717) is 11.3 Å². The van der Waals surface area contributed by atoms with Gasteiger partial charge in [-0.05, 0) is 24.3 Å². The fourth-order valence-electron chi connectivity index (χ4n) is 2.55. The van der Waals surface area contributed by atoms with E-state index in [1.165, 1.54) is 0 Å². The Hall–Kier alpha value is -2.71. The SMILES string of the molecule is COc1cc[nH]c1/C=C1\C(=O)Nc2cccc(C#C[Si](C)(C)C)c21. The van der Waals surface area contributed by atoms with Gasteiger partial charge in [0.05, 0.1) is 24.1 Å². The smallest absolute Gasteiger partial charge is 0.256 e. The number of H-pyrrole nitrogens is 1. The highest BCUT2D eigenvalue weighted by molar-refractivity contribution is 6.83. The van der Waals surface area contributed by atoms with Crippen LogP contribution in [-0.4, -0.2) is 26.1 Å². The van der Waals surface area contributed by atoms with E-state index < -0.39 is 8.07 Å². The largest absolute Gasteiger partial charge is 0.495 e. The van der Waals surface area contributed by atoms with E-state index >= 15 is 0 Å². The summed E-state index contributed by atoms with van der Waals surface area (Å²) >= 11 is 0. The zero-order valence-electron chi connectivity index (χ0n) is 14.3. The molecule has 2 aromatic rings. The summed E-state index contributed by atoms with van der Waals surface area (Å²) in [4.78, 5) is 15.5. The van der Waals surface area contributed by atoms with Crippen molar-refractivity contribution in [2.45, 2.75) is 19.6 Å². The fraction of sp³-hybridized carbons (Fsp3) is 0.211. The van der Waals surface area contributed by atoms with Gasteiger partial charge in [0.15, 0.2) is 0 Å². The molecule has 0 aliphatic carbocycles. The molecule has 0 spiro atoms. The Bertz CT molecular complexity index is 892. The lowest BCUT2D eigenvalue weighted by Gasteiger charge is -2.06. The zero-order valence-corrected chi connectivity index (χ0v) is 15.3. The van der Waals surface area contributed by atoms with Gasteiger partial charge in [-0.3, -0.25) is 4.79 Å². The van der Waals surface area contributed by atoms with Gasteiger partial charge in [-0.25, -0.2) is 0 Å². The Morgan fingerprint density at radius 3 is 2.71 bits per heavy atom. The molecule has 1 aromatic carbocycles. The van der Waals surface area contributed by atoms with Crippen LogP contribution >= 0.6 is 0 Å². The number of benzene rings is 1. The molecule has 1 amide bonds. The minimum Gasteiger partial charge on any atom is -0.495 e. The molecule has 1 aromatic heterocycles. The Labute approximate surface area is 142 Å². The van der Waals surface area contributed by atoms with Crippen molar-refractivity contribution in [3.63, 3.8) is 0 Å². The van der Waals surface area contributed by atoms with Gasteiger partial charge in [0, 0.05) is 17.3 Å². The number of amides is 1. The number of nitrogens with one attached hydrogen (secondary N) is 2. The predicted octanol–water partition coefficient (Wildman–Crippen LogP) is 3.74. The number of ether oxygens (including phenoxy) is 1. The first kappa shape index (κ1) is 16.2. The van der Waals surface area contributed by atoms with Gasteiger partial charge in [-0.1, -0.05) is 31.6 Å². The quantitative estimate of drug-likeness (QED) is 0.499. The van der Waals surface area contributed by atoms with Crippen molar-refractivity contribution < 1.29 is 9.53 Å². The number of methoxy groups -OCH3 is 1. The van der Waals surface area contributed by atoms with Gasteiger partial charge >= 0.3 is 0 Å². The molecular weight excluding hydrogens is 316 g/mol. The topological polar surface area (TPSA) is 54.1 Å². The van der Waals surface area contributed by atoms with E-state index in [-0.39, 0.29) is 5.91 Å². The lowest BCUT2D eigenvalue weighted by molar-refractivity contribution is -0.110. The molecule has 0 saturated heterocycles. The minimum atomic E-state index is -1.50. The van der Waals surface area contributed by atoms with Crippen LogP contribution in [0.25, 0.3) is 11.6 Å². The molecule has 0 atom stereocenters. The van der Waals surface area contributed by atoms with Crippen molar-refractivity contribution >= 4 is 31.3 Å². The van der Waals surface area contributed by atoms with Crippen molar-refractivity contribution in [2.24, 2.45) is 0 Å². The maximum Gasteiger partial charge on any atom is 0.256 e. The Morgan fingerprint density at radius 1 is 1.21 bits per heavy atom. The van der Waals surface area contributed by atoms with Crippen LogP contribution in [0.1, 0.15) is 16.8 Å². The Balaban J connectivity index is 2.14. The zero-order chi connectivity index (χ0) is 17.3. The summed E-state index contributed by atoms with van der Waals surface area (Å²) in [7, 11) is 0.108. The lowest BCUT2D eigenvalue weighted by atomic mass is 10.00.